The van der Waals surface area contributed by atoms with Gasteiger partial charge in [-0.15, -0.1) is 11.3 Å². The zero-order valence-corrected chi connectivity index (χ0v) is 19.9. The Morgan fingerprint density at radius 3 is 2.74 bits per heavy atom. The fraction of sp³-hybridized carbons (Fsp3) is 0.667. The Bertz CT molecular complexity index is 846. The van der Waals surface area contributed by atoms with E-state index in [1.165, 1.54) is 45.2 Å². The average molecular weight is 445 g/mol. The number of carbonyl (C=O) groups is 1. The molecular formula is C24H36N4O2S. The van der Waals surface area contributed by atoms with E-state index in [9.17, 15) is 4.79 Å². The van der Waals surface area contributed by atoms with Crippen LogP contribution in [0.4, 0.5) is 0 Å². The largest absolute Gasteiger partial charge is 0.383 e. The van der Waals surface area contributed by atoms with E-state index < -0.39 is 0 Å². The summed E-state index contributed by atoms with van der Waals surface area (Å²) in [6.45, 7) is 8.70. The Kier molecular flexibility index (Phi) is 7.46. The number of rotatable bonds is 8. The van der Waals surface area contributed by atoms with Gasteiger partial charge in [-0.25, -0.2) is 4.98 Å². The van der Waals surface area contributed by atoms with Crippen LogP contribution in [0, 0.1) is 5.92 Å². The zero-order chi connectivity index (χ0) is 21.8. The van der Waals surface area contributed by atoms with Crippen molar-refractivity contribution in [3.63, 3.8) is 0 Å². The number of methoxy groups -OCH3 is 1. The van der Waals surface area contributed by atoms with Crippen molar-refractivity contribution in [2.45, 2.75) is 57.9 Å². The van der Waals surface area contributed by atoms with Crippen molar-refractivity contribution in [2.75, 3.05) is 39.9 Å². The molecule has 2 saturated heterocycles. The quantitative estimate of drug-likeness (QED) is 0.605. The highest BCUT2D eigenvalue weighted by Gasteiger charge is 2.35. The first-order chi connectivity index (χ1) is 15.1. The van der Waals surface area contributed by atoms with E-state index in [1.807, 2.05) is 34.0 Å². The lowest BCUT2D eigenvalue weighted by Crippen LogP contribution is -2.52. The first kappa shape index (κ1) is 22.5. The van der Waals surface area contributed by atoms with Crippen LogP contribution in [-0.4, -0.2) is 71.2 Å². The number of ether oxygens (including phenoxy) is 1. The van der Waals surface area contributed by atoms with Gasteiger partial charge < -0.3 is 19.1 Å². The van der Waals surface area contributed by atoms with Gasteiger partial charge in [-0.2, -0.15) is 0 Å². The summed E-state index contributed by atoms with van der Waals surface area (Å²) in [6, 6.07) is 4.60. The highest BCUT2D eigenvalue weighted by Crippen LogP contribution is 2.33. The molecule has 2 atom stereocenters. The van der Waals surface area contributed by atoms with Crippen molar-refractivity contribution < 1.29 is 9.53 Å². The van der Waals surface area contributed by atoms with Crippen LogP contribution in [0.15, 0.2) is 24.5 Å². The van der Waals surface area contributed by atoms with E-state index >= 15 is 0 Å². The van der Waals surface area contributed by atoms with Gasteiger partial charge >= 0.3 is 0 Å². The molecule has 0 aromatic carbocycles. The molecule has 1 amide bonds. The summed E-state index contributed by atoms with van der Waals surface area (Å²) in [4.78, 5) is 24.4. The lowest BCUT2D eigenvalue weighted by Gasteiger charge is -2.45. The van der Waals surface area contributed by atoms with Crippen LogP contribution in [0.2, 0.25) is 0 Å². The fourth-order valence-corrected chi connectivity index (χ4v) is 6.16. The molecule has 0 saturated carbocycles. The molecule has 0 aliphatic carbocycles. The number of piperidine rings is 2. The second kappa shape index (κ2) is 10.3. The molecule has 2 aromatic rings. The van der Waals surface area contributed by atoms with Crippen LogP contribution in [0.5, 0.6) is 0 Å². The van der Waals surface area contributed by atoms with Gasteiger partial charge in [-0.3, -0.25) is 4.79 Å². The molecule has 31 heavy (non-hydrogen) atoms. The molecule has 2 aromatic heterocycles. The molecule has 2 fully saturated rings. The minimum atomic E-state index is 0.0586. The number of carbonyl (C=O) groups excluding carboxylic acids is 1. The molecule has 6 nitrogen and oxygen atoms in total. The molecule has 2 unspecified atom stereocenters. The number of amides is 1. The Balaban J connectivity index is 1.58. The minimum absolute atomic E-state index is 0.0586. The van der Waals surface area contributed by atoms with Crippen molar-refractivity contribution in [3.05, 3.63) is 35.1 Å². The Labute approximate surface area is 190 Å². The van der Waals surface area contributed by atoms with Crippen molar-refractivity contribution in [1.82, 2.24) is 19.4 Å². The monoisotopic (exact) mass is 444 g/mol. The van der Waals surface area contributed by atoms with E-state index in [-0.39, 0.29) is 11.8 Å². The first-order valence-corrected chi connectivity index (χ1v) is 12.6. The van der Waals surface area contributed by atoms with Gasteiger partial charge in [0.05, 0.1) is 6.61 Å². The SMILES string of the molecule is COCCN(CC1CCCN2CCCCC12)C(=O)c1nc(-n2cccc2)sc1C(C)C. The summed E-state index contributed by atoms with van der Waals surface area (Å²) in [5, 5.41) is 0.861. The third-order valence-corrected chi connectivity index (χ3v) is 8.10. The summed E-state index contributed by atoms with van der Waals surface area (Å²) in [7, 11) is 1.71. The number of hydrogen-bond acceptors (Lipinski definition) is 5. The predicted octanol–water partition coefficient (Wildman–Crippen LogP) is 4.41. The number of nitrogens with zero attached hydrogens (tertiary/aromatic N) is 4. The van der Waals surface area contributed by atoms with Crippen molar-refractivity contribution in [2.24, 2.45) is 5.92 Å². The molecule has 4 rings (SSSR count). The molecule has 170 valence electrons. The highest BCUT2D eigenvalue weighted by atomic mass is 32.1. The van der Waals surface area contributed by atoms with E-state index in [4.69, 9.17) is 9.72 Å². The van der Waals surface area contributed by atoms with E-state index in [0.717, 1.165) is 16.6 Å². The van der Waals surface area contributed by atoms with Gasteiger partial charge in [0.2, 0.25) is 0 Å². The summed E-state index contributed by atoms with van der Waals surface area (Å²) in [5.74, 6) is 0.858. The molecule has 0 N–H and O–H groups in total. The lowest BCUT2D eigenvalue weighted by atomic mass is 9.83. The number of fused-ring (bicyclic) bond motifs is 1. The third kappa shape index (κ3) is 5.04. The molecule has 7 heteroatoms. The summed E-state index contributed by atoms with van der Waals surface area (Å²) < 4.78 is 7.36. The van der Waals surface area contributed by atoms with Gasteiger partial charge in [0.1, 0.15) is 5.69 Å². The summed E-state index contributed by atoms with van der Waals surface area (Å²) in [5.41, 5.74) is 0.621. The van der Waals surface area contributed by atoms with Gasteiger partial charge in [-0.1, -0.05) is 20.3 Å². The van der Waals surface area contributed by atoms with Crippen molar-refractivity contribution in [3.8, 4) is 5.13 Å². The summed E-state index contributed by atoms with van der Waals surface area (Å²) >= 11 is 1.62. The lowest BCUT2D eigenvalue weighted by molar-refractivity contribution is 0.0313. The number of aromatic nitrogens is 2. The van der Waals surface area contributed by atoms with Gasteiger partial charge in [0, 0.05) is 43.5 Å². The second-order valence-electron chi connectivity index (χ2n) is 9.20. The average Bonchev–Trinajstić information content (AvgIpc) is 3.46. The zero-order valence-electron chi connectivity index (χ0n) is 19.1. The predicted molar refractivity (Wildman–Crippen MR) is 125 cm³/mol. The topological polar surface area (TPSA) is 50.6 Å². The van der Waals surface area contributed by atoms with Crippen LogP contribution in [0.3, 0.4) is 0 Å². The smallest absolute Gasteiger partial charge is 0.273 e. The standard InChI is InChI=1S/C24H36N4O2S/c1-18(2)22-21(25-24(31-22)27-12-6-7-13-27)23(29)28(15-16-30-3)17-19-9-8-14-26-11-5-4-10-20(19)26/h6-7,12-13,18-20H,4-5,8-11,14-17H2,1-3H3. The Hall–Kier alpha value is -1.70. The van der Waals surface area contributed by atoms with Gasteiger partial charge in [0.25, 0.3) is 5.91 Å². The normalized spacial score (nSPS) is 21.9. The second-order valence-corrected chi connectivity index (χ2v) is 10.2. The molecular weight excluding hydrogens is 408 g/mol. The molecule has 2 aliphatic rings. The van der Waals surface area contributed by atoms with Gasteiger partial charge in [-0.05, 0) is 62.7 Å². The third-order valence-electron chi connectivity index (χ3n) is 6.73. The van der Waals surface area contributed by atoms with Crippen LogP contribution in [-0.2, 0) is 4.74 Å². The molecule has 0 radical (unpaired) electrons. The molecule has 0 spiro atoms. The van der Waals surface area contributed by atoms with Crippen LogP contribution in [0.25, 0.3) is 5.13 Å². The molecule has 0 bridgehead atoms. The molecule has 2 aliphatic heterocycles. The van der Waals surface area contributed by atoms with Crippen LogP contribution < -0.4 is 0 Å². The maximum atomic E-state index is 13.8. The number of hydrogen-bond donors (Lipinski definition) is 0. The van der Waals surface area contributed by atoms with E-state index in [0.29, 0.717) is 30.8 Å². The van der Waals surface area contributed by atoms with Crippen LogP contribution >= 0.6 is 11.3 Å². The highest BCUT2D eigenvalue weighted by molar-refractivity contribution is 7.14. The van der Waals surface area contributed by atoms with Gasteiger partial charge in [0.15, 0.2) is 5.13 Å². The molecule has 4 heterocycles. The maximum absolute atomic E-state index is 13.8. The first-order valence-electron chi connectivity index (χ1n) is 11.7. The van der Waals surface area contributed by atoms with Crippen molar-refractivity contribution in [1.29, 1.82) is 0 Å². The minimum Gasteiger partial charge on any atom is -0.383 e. The van der Waals surface area contributed by atoms with Crippen molar-refractivity contribution >= 4 is 17.2 Å². The maximum Gasteiger partial charge on any atom is 0.273 e. The fourth-order valence-electron chi connectivity index (χ4n) is 5.14. The number of thiazole rings is 1. The Morgan fingerprint density at radius 1 is 1.23 bits per heavy atom. The van der Waals surface area contributed by atoms with Crippen LogP contribution in [0.1, 0.15) is 67.2 Å². The van der Waals surface area contributed by atoms with E-state index in [2.05, 4.69) is 18.7 Å². The Morgan fingerprint density at radius 2 is 2.00 bits per heavy atom. The summed E-state index contributed by atoms with van der Waals surface area (Å²) in [6.07, 6.45) is 10.3. The van der Waals surface area contributed by atoms with E-state index in [1.54, 1.807) is 18.4 Å².